The Kier molecular flexibility index (Phi) is 5.11. The zero-order valence-electron chi connectivity index (χ0n) is 11.0. The summed E-state index contributed by atoms with van der Waals surface area (Å²) >= 11 is 5.89. The first kappa shape index (κ1) is 14.9. The van der Waals surface area contributed by atoms with Crippen LogP contribution < -0.4 is 11.1 Å². The number of carbonyl (C=O) groups excluding carboxylic acids is 1. The molecule has 1 atom stereocenters. The number of aromatic nitrogens is 1. The molecule has 100 valence electrons. The van der Waals surface area contributed by atoms with E-state index in [9.17, 15) is 4.79 Å². The molecule has 4 nitrogen and oxygen atoms in total. The van der Waals surface area contributed by atoms with E-state index in [1.165, 1.54) is 0 Å². The Morgan fingerprint density at radius 3 is 2.72 bits per heavy atom. The number of hydrogen-bond acceptors (Lipinski definition) is 3. The highest BCUT2D eigenvalue weighted by Crippen LogP contribution is 2.25. The van der Waals surface area contributed by atoms with Crippen LogP contribution in [-0.2, 0) is 4.79 Å². The Morgan fingerprint density at radius 2 is 2.22 bits per heavy atom. The smallest absolute Gasteiger partial charge is 0.228 e. The maximum absolute atomic E-state index is 12.1. The van der Waals surface area contributed by atoms with Crippen LogP contribution in [0.15, 0.2) is 18.3 Å². The van der Waals surface area contributed by atoms with Gasteiger partial charge in [-0.3, -0.25) is 4.79 Å². The summed E-state index contributed by atoms with van der Waals surface area (Å²) in [5.41, 5.74) is 6.24. The van der Waals surface area contributed by atoms with Crippen LogP contribution in [0.3, 0.4) is 0 Å². The van der Waals surface area contributed by atoms with Crippen LogP contribution >= 0.6 is 11.6 Å². The summed E-state index contributed by atoms with van der Waals surface area (Å²) in [6.07, 6.45) is 2.31. The molecule has 1 heterocycles. The normalized spacial score (nSPS) is 13.2. The molecule has 0 aliphatic heterocycles. The number of nitrogens with one attached hydrogen (secondary N) is 1. The zero-order valence-corrected chi connectivity index (χ0v) is 11.8. The molecular weight excluding hydrogens is 250 g/mol. The molecule has 5 heteroatoms. The van der Waals surface area contributed by atoms with E-state index in [4.69, 9.17) is 17.3 Å². The van der Waals surface area contributed by atoms with Gasteiger partial charge in [-0.1, -0.05) is 32.4 Å². The molecule has 0 aliphatic carbocycles. The van der Waals surface area contributed by atoms with Gasteiger partial charge in [0, 0.05) is 12.7 Å². The number of rotatable bonds is 4. The molecule has 0 aliphatic rings. The topological polar surface area (TPSA) is 68.0 Å². The van der Waals surface area contributed by atoms with Gasteiger partial charge in [0.2, 0.25) is 5.91 Å². The van der Waals surface area contributed by atoms with Crippen molar-refractivity contribution in [2.75, 3.05) is 11.9 Å². The largest absolute Gasteiger partial charge is 0.330 e. The fourth-order valence-electron chi connectivity index (χ4n) is 1.74. The summed E-state index contributed by atoms with van der Waals surface area (Å²) in [5, 5.41) is 3.06. The second-order valence-corrected chi connectivity index (χ2v) is 5.89. The molecule has 0 saturated carbocycles. The van der Waals surface area contributed by atoms with Crippen molar-refractivity contribution in [3.05, 3.63) is 23.5 Å². The molecule has 0 saturated heterocycles. The lowest BCUT2D eigenvalue weighted by molar-refractivity contribution is -0.120. The molecule has 1 aromatic rings. The molecule has 0 radical (unpaired) electrons. The highest BCUT2D eigenvalue weighted by atomic mass is 35.5. The maximum atomic E-state index is 12.1. The Hall–Kier alpha value is -1.13. The van der Waals surface area contributed by atoms with Crippen molar-refractivity contribution < 1.29 is 4.79 Å². The number of nitrogens with zero attached hydrogens (tertiary/aromatic N) is 1. The summed E-state index contributed by atoms with van der Waals surface area (Å²) in [6, 6.07) is 3.45. The minimum atomic E-state index is -0.221. The van der Waals surface area contributed by atoms with E-state index in [1.807, 2.05) is 0 Å². The lowest BCUT2D eigenvalue weighted by Gasteiger charge is -2.24. The first-order chi connectivity index (χ1) is 8.33. The molecule has 0 bridgehead atoms. The van der Waals surface area contributed by atoms with Gasteiger partial charge in [0.05, 0.1) is 11.6 Å². The lowest BCUT2D eigenvalue weighted by Crippen LogP contribution is -2.32. The standard InChI is InChI=1S/C13H20ClN3O/c1-13(2,3)7-9(8-15)12(18)17-10-5-4-6-16-11(10)14/h4-6,9H,7-8,15H2,1-3H3,(H,17,18). The monoisotopic (exact) mass is 269 g/mol. The molecule has 1 rings (SSSR count). The van der Waals surface area contributed by atoms with E-state index in [1.54, 1.807) is 18.3 Å². The van der Waals surface area contributed by atoms with Gasteiger partial charge >= 0.3 is 0 Å². The molecular formula is C13H20ClN3O. The lowest BCUT2D eigenvalue weighted by atomic mass is 9.84. The molecule has 1 aromatic heterocycles. The summed E-state index contributed by atoms with van der Waals surface area (Å²) in [7, 11) is 0. The van der Waals surface area contributed by atoms with Crippen molar-refractivity contribution >= 4 is 23.2 Å². The van der Waals surface area contributed by atoms with Crippen LogP contribution in [0.1, 0.15) is 27.2 Å². The van der Waals surface area contributed by atoms with Gasteiger partial charge in [0.15, 0.2) is 5.15 Å². The van der Waals surface area contributed by atoms with Gasteiger partial charge in [-0.2, -0.15) is 0 Å². The summed E-state index contributed by atoms with van der Waals surface area (Å²) in [4.78, 5) is 16.0. The molecule has 0 fully saturated rings. The van der Waals surface area contributed by atoms with E-state index in [2.05, 4.69) is 31.1 Å². The van der Waals surface area contributed by atoms with Crippen LogP contribution in [0.5, 0.6) is 0 Å². The predicted octanol–water partition coefficient (Wildman–Crippen LogP) is 2.68. The second-order valence-electron chi connectivity index (χ2n) is 5.53. The highest BCUT2D eigenvalue weighted by molar-refractivity contribution is 6.32. The van der Waals surface area contributed by atoms with Crippen molar-refractivity contribution in [2.24, 2.45) is 17.1 Å². The van der Waals surface area contributed by atoms with Crippen molar-refractivity contribution in [1.82, 2.24) is 4.98 Å². The Morgan fingerprint density at radius 1 is 1.56 bits per heavy atom. The average molecular weight is 270 g/mol. The number of halogens is 1. The van der Waals surface area contributed by atoms with Gasteiger partial charge in [0.1, 0.15) is 0 Å². The van der Waals surface area contributed by atoms with Crippen molar-refractivity contribution in [3.63, 3.8) is 0 Å². The zero-order chi connectivity index (χ0) is 13.8. The first-order valence-electron chi connectivity index (χ1n) is 5.95. The predicted molar refractivity (Wildman–Crippen MR) is 74.5 cm³/mol. The summed E-state index contributed by atoms with van der Waals surface area (Å²) in [5.74, 6) is -0.330. The number of pyridine rings is 1. The van der Waals surface area contributed by atoms with Crippen LogP contribution in [0, 0.1) is 11.3 Å². The van der Waals surface area contributed by atoms with Gasteiger partial charge in [0.25, 0.3) is 0 Å². The van der Waals surface area contributed by atoms with Gasteiger partial charge in [-0.05, 0) is 24.0 Å². The van der Waals surface area contributed by atoms with Gasteiger partial charge in [-0.15, -0.1) is 0 Å². The third kappa shape index (κ3) is 4.63. The maximum Gasteiger partial charge on any atom is 0.228 e. The van der Waals surface area contributed by atoms with Crippen LogP contribution in [0.2, 0.25) is 5.15 Å². The van der Waals surface area contributed by atoms with Crippen molar-refractivity contribution in [3.8, 4) is 0 Å². The Balaban J connectivity index is 2.72. The van der Waals surface area contributed by atoms with Crippen LogP contribution in [0.4, 0.5) is 5.69 Å². The molecule has 1 unspecified atom stereocenters. The minimum Gasteiger partial charge on any atom is -0.330 e. The molecule has 18 heavy (non-hydrogen) atoms. The van der Waals surface area contributed by atoms with E-state index in [0.717, 1.165) is 6.42 Å². The van der Waals surface area contributed by atoms with E-state index in [0.29, 0.717) is 12.2 Å². The third-order valence-corrected chi connectivity index (χ3v) is 2.83. The SMILES string of the molecule is CC(C)(C)CC(CN)C(=O)Nc1cccnc1Cl. The second kappa shape index (κ2) is 6.16. The Bertz CT molecular complexity index is 415. The molecule has 3 N–H and O–H groups in total. The Labute approximate surface area is 113 Å². The molecule has 1 amide bonds. The van der Waals surface area contributed by atoms with Crippen molar-refractivity contribution in [1.29, 1.82) is 0 Å². The summed E-state index contributed by atoms with van der Waals surface area (Å²) < 4.78 is 0. The highest BCUT2D eigenvalue weighted by Gasteiger charge is 2.24. The number of amides is 1. The van der Waals surface area contributed by atoms with Crippen LogP contribution in [0.25, 0.3) is 0 Å². The number of anilines is 1. The fourth-order valence-corrected chi connectivity index (χ4v) is 1.90. The van der Waals surface area contributed by atoms with Gasteiger partial charge < -0.3 is 11.1 Å². The van der Waals surface area contributed by atoms with E-state index in [-0.39, 0.29) is 22.4 Å². The number of nitrogens with two attached hydrogens (primary N) is 1. The first-order valence-corrected chi connectivity index (χ1v) is 6.33. The third-order valence-electron chi connectivity index (χ3n) is 2.53. The fraction of sp³-hybridized carbons (Fsp3) is 0.538. The quantitative estimate of drug-likeness (QED) is 0.826. The van der Waals surface area contributed by atoms with Crippen LogP contribution in [-0.4, -0.2) is 17.4 Å². The number of carbonyl (C=O) groups is 1. The van der Waals surface area contributed by atoms with Crippen molar-refractivity contribution in [2.45, 2.75) is 27.2 Å². The van der Waals surface area contributed by atoms with E-state index >= 15 is 0 Å². The van der Waals surface area contributed by atoms with E-state index < -0.39 is 0 Å². The average Bonchev–Trinajstić information content (AvgIpc) is 2.27. The molecule has 0 aromatic carbocycles. The minimum absolute atomic E-state index is 0.0557. The molecule has 0 spiro atoms. The van der Waals surface area contributed by atoms with Gasteiger partial charge in [-0.25, -0.2) is 4.98 Å². The number of hydrogen-bond donors (Lipinski definition) is 2. The summed E-state index contributed by atoms with van der Waals surface area (Å²) in [6.45, 7) is 6.57.